The molecule has 0 amide bonds. The highest BCUT2D eigenvalue weighted by Gasteiger charge is 2.27. The van der Waals surface area contributed by atoms with Crippen molar-refractivity contribution in [2.45, 2.75) is 290 Å². The van der Waals surface area contributed by atoms with Gasteiger partial charge in [-0.05, 0) is 44.9 Å². The number of allylic oxidation sites excluding steroid dienone is 4. The van der Waals surface area contributed by atoms with E-state index in [4.69, 9.17) is 18.5 Å². The average Bonchev–Trinajstić information content (AvgIpc) is 3.30. The number of ether oxygens (including phenoxy) is 2. The van der Waals surface area contributed by atoms with Gasteiger partial charge in [0.2, 0.25) is 0 Å². The van der Waals surface area contributed by atoms with Crippen molar-refractivity contribution in [1.29, 1.82) is 0 Å². The Hall–Kier alpha value is -1.51. The summed E-state index contributed by atoms with van der Waals surface area (Å²) in [5.74, 6) is -0.781. The molecule has 0 fully saturated rings. The summed E-state index contributed by atoms with van der Waals surface area (Å²) in [5.41, 5.74) is 0. The fraction of sp³-hybridized carbons (Fsp3) is 0.897. The molecule has 0 bridgehead atoms. The number of phosphoric acid groups is 1. The van der Waals surface area contributed by atoms with Gasteiger partial charge in [0.25, 0.3) is 0 Å². The van der Waals surface area contributed by atoms with E-state index in [9.17, 15) is 19.0 Å². The summed E-state index contributed by atoms with van der Waals surface area (Å²) in [5, 5.41) is 0. The van der Waals surface area contributed by atoms with Crippen LogP contribution in [0.3, 0.4) is 0 Å². The van der Waals surface area contributed by atoms with Crippen molar-refractivity contribution in [3.63, 3.8) is 0 Å². The lowest BCUT2D eigenvalue weighted by Gasteiger charge is -2.24. The highest BCUT2D eigenvalue weighted by atomic mass is 31.2. The molecule has 0 aliphatic heterocycles. The standard InChI is InChI=1S/C58H112NO8P/c1-6-8-10-12-14-16-18-20-21-22-23-24-25-26-27-28-29-30-31-32-33-34-35-36-37-39-41-43-45-47-49-51-58(61)67-56(55-66-68(62,63)65-53-52-59(3,4)5)54-64-57(60)50-48-46-44-42-40-38-19-17-15-13-11-9-7-2/h18,20,22-23,56H,6-17,19,21,24-55H2,1-5H3/p+1/b20-18-,23-22-. The minimum absolute atomic E-state index is 0.0353. The molecule has 0 saturated heterocycles. The Labute approximate surface area is 421 Å². The number of hydrogen-bond acceptors (Lipinski definition) is 7. The predicted octanol–water partition coefficient (Wildman–Crippen LogP) is 17.8. The van der Waals surface area contributed by atoms with Crippen LogP contribution in [0.25, 0.3) is 0 Å². The van der Waals surface area contributed by atoms with Crippen molar-refractivity contribution in [2.75, 3.05) is 47.5 Å². The Kier molecular flexibility index (Phi) is 49.3. The molecule has 0 aliphatic rings. The van der Waals surface area contributed by atoms with Crippen molar-refractivity contribution < 1.29 is 42.1 Å². The third-order valence-corrected chi connectivity index (χ3v) is 14.0. The van der Waals surface area contributed by atoms with Gasteiger partial charge in [-0.2, -0.15) is 0 Å². The van der Waals surface area contributed by atoms with Crippen LogP contribution in [0.5, 0.6) is 0 Å². The van der Waals surface area contributed by atoms with E-state index in [0.717, 1.165) is 38.5 Å². The van der Waals surface area contributed by atoms with Crippen LogP contribution in [0.1, 0.15) is 284 Å². The predicted molar refractivity (Wildman–Crippen MR) is 289 cm³/mol. The maximum absolute atomic E-state index is 12.8. The molecule has 0 saturated carbocycles. The molecule has 0 aromatic rings. The summed E-state index contributed by atoms with van der Waals surface area (Å²) < 4.78 is 34.5. The monoisotopic (exact) mass is 983 g/mol. The first-order valence-corrected chi connectivity index (χ1v) is 30.6. The van der Waals surface area contributed by atoms with Crippen molar-refractivity contribution >= 4 is 19.8 Å². The first-order chi connectivity index (χ1) is 33.0. The molecule has 402 valence electrons. The van der Waals surface area contributed by atoms with Crippen molar-refractivity contribution in [1.82, 2.24) is 0 Å². The molecular formula is C58H113NO8P+. The molecule has 2 unspecified atom stereocenters. The lowest BCUT2D eigenvalue weighted by molar-refractivity contribution is -0.870. The van der Waals surface area contributed by atoms with Crippen LogP contribution >= 0.6 is 7.82 Å². The van der Waals surface area contributed by atoms with Crippen molar-refractivity contribution in [3.8, 4) is 0 Å². The molecule has 1 N–H and O–H groups in total. The molecule has 0 aromatic carbocycles. The van der Waals surface area contributed by atoms with Gasteiger partial charge in [0.15, 0.2) is 6.10 Å². The summed E-state index contributed by atoms with van der Waals surface area (Å²) >= 11 is 0. The van der Waals surface area contributed by atoms with Gasteiger partial charge >= 0.3 is 19.8 Å². The number of nitrogens with zero attached hydrogens (tertiary/aromatic N) is 1. The third kappa shape index (κ3) is 53.8. The SMILES string of the molecule is CCCCCCC/C=C\C/C=C\CCCCCCCCCCCCCCCCCCCCCC(=O)OC(COC(=O)CCCCCCCCCCCCCCC)COP(=O)(O)OCC[N+](C)(C)C. The van der Waals surface area contributed by atoms with E-state index in [2.05, 4.69) is 38.2 Å². The molecule has 10 heteroatoms. The molecular weight excluding hydrogens is 870 g/mol. The van der Waals surface area contributed by atoms with Crippen LogP contribution in [0.4, 0.5) is 0 Å². The van der Waals surface area contributed by atoms with E-state index in [-0.39, 0.29) is 25.6 Å². The molecule has 0 rings (SSSR count). The van der Waals surface area contributed by atoms with E-state index in [1.807, 2.05) is 21.1 Å². The zero-order valence-corrected chi connectivity index (χ0v) is 46.5. The first-order valence-electron chi connectivity index (χ1n) is 29.1. The molecule has 0 aromatic heterocycles. The third-order valence-electron chi connectivity index (χ3n) is 13.0. The van der Waals surface area contributed by atoms with Crippen LogP contribution in [-0.4, -0.2) is 74.9 Å². The zero-order valence-electron chi connectivity index (χ0n) is 45.6. The molecule has 0 aliphatic carbocycles. The summed E-state index contributed by atoms with van der Waals surface area (Å²) in [6.45, 7) is 4.46. The van der Waals surface area contributed by atoms with Gasteiger partial charge in [-0.1, -0.05) is 250 Å². The molecule has 9 nitrogen and oxygen atoms in total. The number of unbranched alkanes of at least 4 members (excludes halogenated alkanes) is 36. The largest absolute Gasteiger partial charge is 0.472 e. The van der Waals surface area contributed by atoms with Gasteiger partial charge < -0.3 is 18.9 Å². The lowest BCUT2D eigenvalue weighted by atomic mass is 10.0. The summed E-state index contributed by atoms with van der Waals surface area (Å²) in [6, 6.07) is 0. The maximum Gasteiger partial charge on any atom is 0.472 e. The molecule has 0 heterocycles. The first kappa shape index (κ1) is 66.5. The number of rotatable bonds is 54. The Morgan fingerprint density at radius 2 is 0.794 bits per heavy atom. The van der Waals surface area contributed by atoms with Crippen LogP contribution in [-0.2, 0) is 32.7 Å². The smallest absolute Gasteiger partial charge is 0.462 e. The number of likely N-dealkylation sites (N-methyl/N-ethyl adjacent to an activating group) is 1. The minimum Gasteiger partial charge on any atom is -0.462 e. The number of quaternary nitrogens is 1. The van der Waals surface area contributed by atoms with Crippen LogP contribution in [0.2, 0.25) is 0 Å². The van der Waals surface area contributed by atoms with Gasteiger partial charge in [0.1, 0.15) is 19.8 Å². The summed E-state index contributed by atoms with van der Waals surface area (Å²) in [6.07, 6.45) is 59.7. The fourth-order valence-corrected chi connectivity index (χ4v) is 9.20. The fourth-order valence-electron chi connectivity index (χ4n) is 8.46. The van der Waals surface area contributed by atoms with E-state index < -0.39 is 26.5 Å². The number of carbonyl (C=O) groups is 2. The van der Waals surface area contributed by atoms with Crippen LogP contribution in [0, 0.1) is 0 Å². The number of phosphoric ester groups is 1. The second-order valence-electron chi connectivity index (χ2n) is 21.0. The van der Waals surface area contributed by atoms with Gasteiger partial charge in [0.05, 0.1) is 27.7 Å². The number of esters is 2. The van der Waals surface area contributed by atoms with Crippen molar-refractivity contribution in [3.05, 3.63) is 24.3 Å². The molecule has 0 spiro atoms. The highest BCUT2D eigenvalue weighted by Crippen LogP contribution is 2.43. The summed E-state index contributed by atoms with van der Waals surface area (Å²) in [7, 11) is 1.49. The van der Waals surface area contributed by atoms with Gasteiger partial charge in [-0.3, -0.25) is 18.6 Å². The normalized spacial score (nSPS) is 13.4. The minimum atomic E-state index is -4.38. The van der Waals surface area contributed by atoms with E-state index in [0.29, 0.717) is 23.9 Å². The number of carbonyl (C=O) groups excluding carboxylic acids is 2. The topological polar surface area (TPSA) is 108 Å². The highest BCUT2D eigenvalue weighted by molar-refractivity contribution is 7.47. The van der Waals surface area contributed by atoms with Crippen molar-refractivity contribution in [2.24, 2.45) is 0 Å². The van der Waals surface area contributed by atoms with E-state index in [1.165, 1.54) is 212 Å². The molecule has 68 heavy (non-hydrogen) atoms. The van der Waals surface area contributed by atoms with Gasteiger partial charge in [-0.15, -0.1) is 0 Å². The Bertz CT molecular complexity index is 1200. The van der Waals surface area contributed by atoms with Crippen LogP contribution < -0.4 is 0 Å². The molecule has 2 atom stereocenters. The molecule has 0 radical (unpaired) electrons. The summed E-state index contributed by atoms with van der Waals surface area (Å²) in [4.78, 5) is 35.6. The zero-order chi connectivity index (χ0) is 49.9. The Morgan fingerprint density at radius 1 is 0.456 bits per heavy atom. The Balaban J connectivity index is 4.01. The van der Waals surface area contributed by atoms with E-state index in [1.54, 1.807) is 0 Å². The average molecular weight is 984 g/mol. The van der Waals surface area contributed by atoms with E-state index >= 15 is 0 Å². The second kappa shape index (κ2) is 50.4. The van der Waals surface area contributed by atoms with Crippen LogP contribution in [0.15, 0.2) is 24.3 Å². The van der Waals surface area contributed by atoms with Gasteiger partial charge in [-0.25, -0.2) is 4.57 Å². The number of hydrogen-bond donors (Lipinski definition) is 1. The van der Waals surface area contributed by atoms with Gasteiger partial charge in [0, 0.05) is 12.8 Å². The quantitative estimate of drug-likeness (QED) is 0.0211. The maximum atomic E-state index is 12.8. The second-order valence-corrected chi connectivity index (χ2v) is 22.5. The Morgan fingerprint density at radius 3 is 1.16 bits per heavy atom. The lowest BCUT2D eigenvalue weighted by Crippen LogP contribution is -2.37.